The predicted octanol–water partition coefficient (Wildman–Crippen LogP) is 4.45. The normalized spacial score (nSPS) is 10.9. The van der Waals surface area contributed by atoms with Crippen molar-refractivity contribution >= 4 is 28.2 Å². The van der Waals surface area contributed by atoms with Crippen LogP contribution in [-0.2, 0) is 6.42 Å². The number of nitrogen functional groups attached to an aromatic ring is 1. The van der Waals surface area contributed by atoms with Gasteiger partial charge in [0.2, 0.25) is 0 Å². The van der Waals surface area contributed by atoms with Crippen molar-refractivity contribution in [1.29, 1.82) is 0 Å². The summed E-state index contributed by atoms with van der Waals surface area (Å²) in [4.78, 5) is 21.4. The van der Waals surface area contributed by atoms with Crippen LogP contribution < -0.4 is 11.1 Å². The van der Waals surface area contributed by atoms with Crippen molar-refractivity contribution in [3.63, 3.8) is 0 Å². The lowest BCUT2D eigenvalue weighted by Gasteiger charge is -2.07. The minimum absolute atomic E-state index is 0.308. The van der Waals surface area contributed by atoms with Gasteiger partial charge >= 0.3 is 0 Å². The molecule has 0 saturated heterocycles. The van der Waals surface area contributed by atoms with E-state index in [4.69, 9.17) is 5.73 Å². The molecular weight excluding hydrogens is 400 g/mol. The average Bonchev–Trinajstić information content (AvgIpc) is 3.23. The van der Waals surface area contributed by atoms with E-state index in [0.29, 0.717) is 17.1 Å². The maximum absolute atomic E-state index is 13.0. The summed E-state index contributed by atoms with van der Waals surface area (Å²) in [6, 6.07) is 19.6. The fraction of sp³-hybridized carbons (Fsp3) is 0.0400. The summed E-state index contributed by atoms with van der Waals surface area (Å²) in [5, 5.41) is 10.8. The zero-order valence-corrected chi connectivity index (χ0v) is 17.1. The number of aromatic amines is 1. The molecular formula is C25H20N6O. The fourth-order valence-corrected chi connectivity index (χ4v) is 3.66. The Bertz CT molecular complexity index is 1410. The second kappa shape index (κ2) is 8.31. The Morgan fingerprint density at radius 2 is 1.72 bits per heavy atom. The number of hydrogen-bond acceptors (Lipinski definition) is 5. The number of nitrogens with zero attached hydrogens (tertiary/aromatic N) is 3. The Labute approximate surface area is 184 Å². The molecule has 0 fully saturated rings. The van der Waals surface area contributed by atoms with E-state index in [1.165, 1.54) is 5.56 Å². The molecule has 0 unspecified atom stereocenters. The highest BCUT2D eigenvalue weighted by atomic mass is 16.1. The molecule has 0 aliphatic carbocycles. The van der Waals surface area contributed by atoms with E-state index >= 15 is 0 Å². The van der Waals surface area contributed by atoms with Crippen LogP contribution in [0.2, 0.25) is 0 Å². The molecule has 0 bridgehead atoms. The van der Waals surface area contributed by atoms with Gasteiger partial charge in [-0.15, -0.1) is 0 Å². The van der Waals surface area contributed by atoms with Crippen molar-refractivity contribution in [3.8, 4) is 11.1 Å². The third-order valence-corrected chi connectivity index (χ3v) is 5.17. The van der Waals surface area contributed by atoms with E-state index in [-0.39, 0.29) is 5.91 Å². The van der Waals surface area contributed by atoms with Gasteiger partial charge in [0.25, 0.3) is 5.91 Å². The summed E-state index contributed by atoms with van der Waals surface area (Å²) in [5.41, 5.74) is 12.1. The van der Waals surface area contributed by atoms with Crippen LogP contribution in [0.25, 0.3) is 22.0 Å². The summed E-state index contributed by atoms with van der Waals surface area (Å²) in [5.74, 6) is -0.308. The maximum atomic E-state index is 13.0. The topological polar surface area (TPSA) is 110 Å². The van der Waals surface area contributed by atoms with Crippen molar-refractivity contribution in [2.24, 2.45) is 0 Å². The minimum atomic E-state index is -0.308. The molecule has 5 aromatic rings. The molecule has 1 amide bonds. The minimum Gasteiger partial charge on any atom is -0.397 e. The lowest BCUT2D eigenvalue weighted by Crippen LogP contribution is -2.13. The maximum Gasteiger partial charge on any atom is 0.276 e. The van der Waals surface area contributed by atoms with E-state index in [1.54, 1.807) is 24.8 Å². The van der Waals surface area contributed by atoms with Gasteiger partial charge < -0.3 is 11.1 Å². The molecule has 0 atom stereocenters. The molecule has 0 spiro atoms. The molecule has 32 heavy (non-hydrogen) atoms. The second-order valence-corrected chi connectivity index (χ2v) is 7.54. The van der Waals surface area contributed by atoms with Crippen molar-refractivity contribution in [2.75, 3.05) is 11.1 Å². The molecule has 0 aliphatic heterocycles. The van der Waals surface area contributed by atoms with Crippen LogP contribution in [0.5, 0.6) is 0 Å². The van der Waals surface area contributed by atoms with E-state index in [1.807, 2.05) is 48.5 Å². The monoisotopic (exact) mass is 420 g/mol. The van der Waals surface area contributed by atoms with Crippen LogP contribution in [0.4, 0.5) is 11.4 Å². The molecule has 0 saturated carbocycles. The number of amides is 1. The molecule has 3 aromatic heterocycles. The van der Waals surface area contributed by atoms with Gasteiger partial charge in [-0.2, -0.15) is 5.10 Å². The lowest BCUT2D eigenvalue weighted by molar-refractivity contribution is 0.102. The molecule has 7 nitrogen and oxygen atoms in total. The highest BCUT2D eigenvalue weighted by Crippen LogP contribution is 2.26. The number of H-pyrrole nitrogens is 1. The van der Waals surface area contributed by atoms with E-state index in [0.717, 1.165) is 34.0 Å². The summed E-state index contributed by atoms with van der Waals surface area (Å²) in [7, 11) is 0. The third-order valence-electron chi connectivity index (χ3n) is 5.17. The first kappa shape index (κ1) is 19.4. The highest BCUT2D eigenvalue weighted by Gasteiger charge is 2.16. The number of nitrogens with two attached hydrogens (primary N) is 1. The number of carbonyl (C=O) groups excluding carboxylic acids is 1. The number of pyridine rings is 2. The molecule has 4 N–H and O–H groups in total. The first-order valence-electron chi connectivity index (χ1n) is 10.1. The fourth-order valence-electron chi connectivity index (χ4n) is 3.66. The number of anilines is 2. The number of fused-ring (bicyclic) bond motifs is 1. The molecule has 5 rings (SSSR count). The van der Waals surface area contributed by atoms with Gasteiger partial charge in [-0.05, 0) is 47.4 Å². The number of carbonyl (C=O) groups is 1. The van der Waals surface area contributed by atoms with Crippen molar-refractivity contribution in [2.45, 2.75) is 6.42 Å². The van der Waals surface area contributed by atoms with Gasteiger partial charge in [-0.3, -0.25) is 19.9 Å². The standard InChI is InChI=1S/C25H20N6O/c26-20-10-19(13-28-14-20)18-6-7-23-22(11-18)24(31-30-23)25(32)29-21-9-17(12-27-15-21)8-16-4-2-1-3-5-16/h1-7,9-15H,8,26H2,(H,29,32)(H,30,31). The number of nitrogens with one attached hydrogen (secondary N) is 2. The van der Waals surface area contributed by atoms with Gasteiger partial charge in [0, 0.05) is 29.5 Å². The molecule has 3 heterocycles. The average molecular weight is 420 g/mol. The number of aromatic nitrogens is 4. The van der Waals surface area contributed by atoms with Gasteiger partial charge in [0.15, 0.2) is 5.69 Å². The molecule has 7 heteroatoms. The summed E-state index contributed by atoms with van der Waals surface area (Å²) < 4.78 is 0. The Balaban J connectivity index is 1.40. The van der Waals surface area contributed by atoms with Gasteiger partial charge in [0.05, 0.1) is 23.1 Å². The largest absolute Gasteiger partial charge is 0.397 e. The Kier molecular flexibility index (Phi) is 5.05. The SMILES string of the molecule is Nc1cncc(-c2ccc3[nH]nc(C(=O)Nc4cncc(Cc5ccccc5)c4)c3c2)c1. The van der Waals surface area contributed by atoms with Crippen LogP contribution >= 0.6 is 0 Å². The van der Waals surface area contributed by atoms with Gasteiger partial charge in [-0.1, -0.05) is 36.4 Å². The predicted molar refractivity (Wildman–Crippen MR) is 125 cm³/mol. The molecule has 156 valence electrons. The second-order valence-electron chi connectivity index (χ2n) is 7.54. The van der Waals surface area contributed by atoms with Crippen LogP contribution in [-0.4, -0.2) is 26.1 Å². The summed E-state index contributed by atoms with van der Waals surface area (Å²) in [6.45, 7) is 0. The zero-order valence-electron chi connectivity index (χ0n) is 17.1. The van der Waals surface area contributed by atoms with Gasteiger partial charge in [0.1, 0.15) is 0 Å². The van der Waals surface area contributed by atoms with Crippen molar-refractivity contribution in [3.05, 3.63) is 102 Å². The highest BCUT2D eigenvalue weighted by molar-refractivity contribution is 6.11. The lowest BCUT2D eigenvalue weighted by atomic mass is 10.0. The van der Waals surface area contributed by atoms with Crippen molar-refractivity contribution in [1.82, 2.24) is 20.2 Å². The first-order chi connectivity index (χ1) is 15.7. The Morgan fingerprint density at radius 1 is 0.875 bits per heavy atom. The van der Waals surface area contributed by atoms with E-state index < -0.39 is 0 Å². The quantitative estimate of drug-likeness (QED) is 0.389. The van der Waals surface area contributed by atoms with Crippen LogP contribution in [0.3, 0.4) is 0 Å². The Morgan fingerprint density at radius 3 is 2.56 bits per heavy atom. The smallest absolute Gasteiger partial charge is 0.276 e. The Hall–Kier alpha value is -4.52. The summed E-state index contributed by atoms with van der Waals surface area (Å²) in [6.07, 6.45) is 7.50. The molecule has 0 radical (unpaired) electrons. The first-order valence-corrected chi connectivity index (χ1v) is 10.1. The zero-order chi connectivity index (χ0) is 21.9. The van der Waals surface area contributed by atoms with E-state index in [2.05, 4.69) is 37.6 Å². The number of hydrogen-bond donors (Lipinski definition) is 3. The third kappa shape index (κ3) is 4.04. The van der Waals surface area contributed by atoms with Crippen LogP contribution in [0, 0.1) is 0 Å². The number of benzene rings is 2. The van der Waals surface area contributed by atoms with Gasteiger partial charge in [-0.25, -0.2) is 0 Å². The molecule has 2 aromatic carbocycles. The van der Waals surface area contributed by atoms with Crippen molar-refractivity contribution < 1.29 is 4.79 Å². The number of rotatable bonds is 5. The summed E-state index contributed by atoms with van der Waals surface area (Å²) >= 11 is 0. The molecule has 0 aliphatic rings. The van der Waals surface area contributed by atoms with Crippen LogP contribution in [0.1, 0.15) is 21.6 Å². The van der Waals surface area contributed by atoms with Crippen LogP contribution in [0.15, 0.2) is 85.5 Å². The van der Waals surface area contributed by atoms with E-state index in [9.17, 15) is 4.79 Å².